The van der Waals surface area contributed by atoms with Crippen LogP contribution >= 0.6 is 15.9 Å². The molecule has 2 rings (SSSR count). The van der Waals surface area contributed by atoms with Crippen LogP contribution in [0.1, 0.15) is 72.4 Å². The van der Waals surface area contributed by atoms with Crippen molar-refractivity contribution in [2.75, 3.05) is 12.4 Å². The van der Waals surface area contributed by atoms with Crippen LogP contribution in [0.5, 0.6) is 5.88 Å². The summed E-state index contributed by atoms with van der Waals surface area (Å²) < 4.78 is 14.2. The minimum absolute atomic E-state index is 0.00272. The highest BCUT2D eigenvalue weighted by Crippen LogP contribution is 2.44. The molecule has 1 aliphatic heterocycles. The number of halogens is 1. The van der Waals surface area contributed by atoms with Crippen LogP contribution in [0.25, 0.3) is 0 Å². The van der Waals surface area contributed by atoms with Crippen LogP contribution in [0.4, 0.5) is 0 Å². The third-order valence-electron chi connectivity index (χ3n) is 6.12. The van der Waals surface area contributed by atoms with Crippen LogP contribution < -0.4 is 9.26 Å². The van der Waals surface area contributed by atoms with Gasteiger partial charge in [-0.15, -0.1) is 0 Å². The highest BCUT2D eigenvalue weighted by molar-refractivity contribution is 9.09. The Labute approximate surface area is 179 Å². The summed E-state index contributed by atoms with van der Waals surface area (Å²) in [5.74, 6) is 0.613. The Kier molecular flexibility index (Phi) is 8.08. The van der Waals surface area contributed by atoms with E-state index in [-0.39, 0.29) is 18.0 Å². The monoisotopic (exact) mass is 473 g/mol. The number of nitrogens with zero attached hydrogens (tertiary/aromatic N) is 1. The third kappa shape index (κ3) is 4.45. The summed E-state index contributed by atoms with van der Waals surface area (Å²) in [6.07, 6.45) is 2.09. The van der Waals surface area contributed by atoms with E-state index in [9.17, 15) is 4.79 Å². The molecule has 0 aliphatic carbocycles. The second-order valence-corrected chi connectivity index (χ2v) is 14.8. The highest BCUT2D eigenvalue weighted by Gasteiger charge is 2.48. The van der Waals surface area contributed by atoms with E-state index in [0.29, 0.717) is 23.0 Å². The van der Waals surface area contributed by atoms with Crippen molar-refractivity contribution in [3.05, 3.63) is 17.8 Å². The van der Waals surface area contributed by atoms with E-state index in [1.807, 2.05) is 12.1 Å². The van der Waals surface area contributed by atoms with E-state index in [1.165, 1.54) is 0 Å². The van der Waals surface area contributed by atoms with E-state index in [0.717, 1.165) is 29.7 Å². The van der Waals surface area contributed by atoms with Crippen LogP contribution in [-0.4, -0.2) is 37.6 Å². The van der Waals surface area contributed by atoms with Crippen molar-refractivity contribution in [3.63, 3.8) is 0 Å². The number of hydrogen-bond donors (Lipinski definition) is 0. The summed E-state index contributed by atoms with van der Waals surface area (Å²) in [6.45, 7) is 13.6. The number of carbonyl (C=O) groups excluding carboxylic acids is 1. The van der Waals surface area contributed by atoms with Crippen molar-refractivity contribution in [1.29, 1.82) is 0 Å². The summed E-state index contributed by atoms with van der Waals surface area (Å²) in [5, 5.41) is 0.901. The zero-order chi connectivity index (χ0) is 21.1. The first-order valence-electron chi connectivity index (χ1n) is 10.4. The molecular weight excluding hydrogens is 438 g/mol. The Bertz CT molecular complexity index is 637. The first-order chi connectivity index (χ1) is 13.2. The normalized spacial score (nSPS) is 20.3. The van der Waals surface area contributed by atoms with Crippen molar-refractivity contribution < 1.29 is 18.8 Å². The summed E-state index contributed by atoms with van der Waals surface area (Å²) >= 11 is 3.47. The highest BCUT2D eigenvalue weighted by atomic mass is 79.9. The molecule has 1 saturated heterocycles. The Morgan fingerprint density at radius 1 is 1.18 bits per heavy atom. The zero-order valence-electron chi connectivity index (χ0n) is 18.3. The average Bonchev–Trinajstić information content (AvgIpc) is 3.18. The number of rotatable bonds is 10. The fourth-order valence-electron chi connectivity index (χ4n) is 4.94. The molecule has 28 heavy (non-hydrogen) atoms. The molecule has 0 aromatic carbocycles. The molecule has 160 valence electrons. The Hall–Kier alpha value is -0.953. The van der Waals surface area contributed by atoms with Gasteiger partial charge in [0, 0.05) is 11.4 Å². The largest absolute Gasteiger partial charge is 0.529 e. The Morgan fingerprint density at radius 2 is 1.79 bits per heavy atom. The minimum Gasteiger partial charge on any atom is -0.529 e. The lowest BCUT2D eigenvalue weighted by Gasteiger charge is -2.42. The van der Waals surface area contributed by atoms with Crippen molar-refractivity contribution in [3.8, 4) is 5.88 Å². The van der Waals surface area contributed by atoms with Crippen LogP contribution in [0.15, 0.2) is 12.1 Å². The van der Waals surface area contributed by atoms with Crippen LogP contribution in [0.2, 0.25) is 16.6 Å². The Balaban J connectivity index is 2.39. The molecule has 0 unspecified atom stereocenters. The SMILES string of the molecule is COn1c(O[Si](C(C)C)(C(C)C)C(C)C)ccc1[C@H]1CC(=O)O[C@@H]1CCCBr. The maximum Gasteiger partial charge on any atom is 0.306 e. The fourth-order valence-corrected chi connectivity index (χ4v) is 10.5. The standard InChI is InChI=1S/C21H36BrNO4Si/c1-14(2)28(15(3)4,16(5)6)27-20-11-10-18(23(20)25-7)17-13-21(24)26-19(17)9-8-12-22/h10-11,14-17,19H,8-9,12-13H2,1-7H3/t17-,19-/m1/s1. The van der Waals surface area contributed by atoms with Crippen molar-refractivity contribution >= 4 is 30.2 Å². The number of aromatic nitrogens is 1. The topological polar surface area (TPSA) is 49.7 Å². The van der Waals surface area contributed by atoms with Gasteiger partial charge in [0.15, 0.2) is 0 Å². The summed E-state index contributed by atoms with van der Waals surface area (Å²) in [7, 11) is -0.441. The van der Waals surface area contributed by atoms with Gasteiger partial charge in [-0.25, -0.2) is 0 Å². The lowest BCUT2D eigenvalue weighted by molar-refractivity contribution is -0.141. The molecule has 1 aromatic heterocycles. The van der Waals surface area contributed by atoms with E-state index in [2.05, 4.69) is 57.5 Å². The number of cyclic esters (lactones) is 1. The number of hydrogen-bond acceptors (Lipinski definition) is 4. The molecule has 7 heteroatoms. The van der Waals surface area contributed by atoms with E-state index >= 15 is 0 Å². The molecule has 1 aliphatic rings. The maximum atomic E-state index is 12.0. The van der Waals surface area contributed by atoms with Gasteiger partial charge < -0.3 is 14.0 Å². The summed E-state index contributed by atoms with van der Waals surface area (Å²) in [6, 6.07) is 4.03. The molecule has 0 saturated carbocycles. The predicted molar refractivity (Wildman–Crippen MR) is 119 cm³/mol. The molecule has 2 heterocycles. The lowest BCUT2D eigenvalue weighted by Crippen LogP contribution is -2.51. The summed E-state index contributed by atoms with van der Waals surface area (Å²) in [5.41, 5.74) is 2.37. The number of ether oxygens (including phenoxy) is 1. The minimum atomic E-state index is -2.10. The molecule has 0 spiro atoms. The van der Waals surface area contributed by atoms with Crippen LogP contribution in [0.3, 0.4) is 0 Å². The maximum absolute atomic E-state index is 12.0. The second kappa shape index (κ2) is 9.70. The molecule has 0 radical (unpaired) electrons. The molecule has 1 aromatic rings. The smallest absolute Gasteiger partial charge is 0.306 e. The van der Waals surface area contributed by atoms with Gasteiger partial charge in [-0.2, -0.15) is 4.73 Å². The van der Waals surface area contributed by atoms with Gasteiger partial charge in [0.2, 0.25) is 5.88 Å². The first-order valence-corrected chi connectivity index (χ1v) is 13.7. The van der Waals surface area contributed by atoms with E-state index < -0.39 is 8.32 Å². The molecule has 0 N–H and O–H groups in total. The van der Waals surface area contributed by atoms with Crippen LogP contribution in [-0.2, 0) is 9.53 Å². The van der Waals surface area contributed by atoms with E-state index in [1.54, 1.807) is 11.8 Å². The van der Waals surface area contributed by atoms with Crippen molar-refractivity contribution in [1.82, 2.24) is 4.73 Å². The lowest BCUT2D eigenvalue weighted by atomic mass is 9.95. The summed E-state index contributed by atoms with van der Waals surface area (Å²) in [4.78, 5) is 17.7. The predicted octanol–water partition coefficient (Wildman–Crippen LogP) is 5.68. The van der Waals surface area contributed by atoms with Crippen molar-refractivity contribution in [2.45, 2.75) is 89.5 Å². The van der Waals surface area contributed by atoms with Gasteiger partial charge >= 0.3 is 5.97 Å². The first kappa shape index (κ1) is 23.3. The molecule has 5 nitrogen and oxygen atoms in total. The van der Waals surface area contributed by atoms with E-state index in [4.69, 9.17) is 14.0 Å². The zero-order valence-corrected chi connectivity index (χ0v) is 20.9. The van der Waals surface area contributed by atoms with Gasteiger partial charge in [-0.3, -0.25) is 4.79 Å². The fraction of sp³-hybridized carbons (Fsp3) is 0.762. The van der Waals surface area contributed by atoms with Gasteiger partial charge in [-0.05, 0) is 35.5 Å². The average molecular weight is 475 g/mol. The van der Waals surface area contributed by atoms with Gasteiger partial charge in [0.1, 0.15) is 13.2 Å². The Morgan fingerprint density at radius 3 is 2.29 bits per heavy atom. The molecule has 0 bridgehead atoms. The number of esters is 1. The van der Waals surface area contributed by atoms with Crippen LogP contribution in [0, 0.1) is 0 Å². The molecule has 2 atom stereocenters. The number of carbonyl (C=O) groups is 1. The molecule has 0 amide bonds. The van der Waals surface area contributed by atoms with Gasteiger partial charge in [-0.1, -0.05) is 57.5 Å². The second-order valence-electron chi connectivity index (χ2n) is 8.66. The van der Waals surface area contributed by atoms with Crippen molar-refractivity contribution in [2.24, 2.45) is 0 Å². The molecular formula is C21H36BrNO4Si. The van der Waals surface area contributed by atoms with Gasteiger partial charge in [0.05, 0.1) is 18.0 Å². The van der Waals surface area contributed by atoms with Gasteiger partial charge in [0.25, 0.3) is 8.32 Å². The quantitative estimate of drug-likeness (QED) is 0.249. The number of alkyl halides is 1. The molecule has 1 fully saturated rings. The third-order valence-corrected chi connectivity index (χ3v) is 12.7.